The first-order valence-corrected chi connectivity index (χ1v) is 6.63. The first-order chi connectivity index (χ1) is 10.5. The number of hydrogen-bond acceptors (Lipinski definition) is 3. The van der Waals surface area contributed by atoms with Crippen LogP contribution in [0.2, 0.25) is 0 Å². The van der Waals surface area contributed by atoms with Gasteiger partial charge in [-0.25, -0.2) is 14.2 Å². The molecular formula is C15H12FN3O3. The standard InChI is InChI=1S/C15H12FN3O3/c1-2-18-8-10(15(21)22)12(20)9-7-11(16)14(17-13(9)18)19-5-3-4-6-19/h3-8H,2H2,1H3,(H,21,22). The Hall–Kier alpha value is -2.96. The van der Waals surface area contributed by atoms with Crippen molar-refractivity contribution in [3.05, 3.63) is 58.4 Å². The molecule has 0 fully saturated rings. The van der Waals surface area contributed by atoms with Crippen molar-refractivity contribution in [2.45, 2.75) is 13.5 Å². The van der Waals surface area contributed by atoms with Crippen LogP contribution in [-0.4, -0.2) is 25.2 Å². The van der Waals surface area contributed by atoms with E-state index >= 15 is 0 Å². The highest BCUT2D eigenvalue weighted by Gasteiger charge is 2.18. The molecule has 22 heavy (non-hydrogen) atoms. The molecule has 0 amide bonds. The molecule has 0 spiro atoms. The van der Waals surface area contributed by atoms with Crippen LogP contribution in [0, 0.1) is 5.82 Å². The number of carbonyl (C=O) groups is 1. The molecule has 6 nitrogen and oxygen atoms in total. The average Bonchev–Trinajstić information content (AvgIpc) is 3.01. The zero-order valence-electron chi connectivity index (χ0n) is 11.7. The molecule has 0 atom stereocenters. The zero-order valence-corrected chi connectivity index (χ0v) is 11.7. The Morgan fingerprint density at radius 3 is 2.64 bits per heavy atom. The second-order valence-corrected chi connectivity index (χ2v) is 4.72. The Bertz CT molecular complexity index is 929. The largest absolute Gasteiger partial charge is 0.477 e. The number of aromatic nitrogens is 3. The van der Waals surface area contributed by atoms with E-state index in [0.29, 0.717) is 6.54 Å². The van der Waals surface area contributed by atoms with Gasteiger partial charge in [0.15, 0.2) is 11.6 Å². The molecule has 0 bridgehead atoms. The number of fused-ring (bicyclic) bond motifs is 1. The molecule has 0 aromatic carbocycles. The van der Waals surface area contributed by atoms with E-state index in [9.17, 15) is 14.0 Å². The number of rotatable bonds is 3. The molecule has 0 saturated carbocycles. The van der Waals surface area contributed by atoms with E-state index in [1.807, 2.05) is 0 Å². The average molecular weight is 301 g/mol. The van der Waals surface area contributed by atoms with Crippen molar-refractivity contribution in [3.63, 3.8) is 0 Å². The first-order valence-electron chi connectivity index (χ1n) is 6.63. The van der Waals surface area contributed by atoms with Gasteiger partial charge in [0.2, 0.25) is 5.43 Å². The summed E-state index contributed by atoms with van der Waals surface area (Å²) in [5.41, 5.74) is -0.885. The van der Waals surface area contributed by atoms with E-state index in [-0.39, 0.29) is 16.9 Å². The van der Waals surface area contributed by atoms with Gasteiger partial charge >= 0.3 is 5.97 Å². The summed E-state index contributed by atoms with van der Waals surface area (Å²) in [6.45, 7) is 2.19. The van der Waals surface area contributed by atoms with Crippen molar-refractivity contribution in [2.75, 3.05) is 0 Å². The van der Waals surface area contributed by atoms with Crippen LogP contribution in [0.1, 0.15) is 17.3 Å². The summed E-state index contributed by atoms with van der Waals surface area (Å²) in [6, 6.07) is 4.50. The molecule has 0 saturated heterocycles. The monoisotopic (exact) mass is 301 g/mol. The highest BCUT2D eigenvalue weighted by molar-refractivity contribution is 5.91. The Labute approximate surface area is 124 Å². The van der Waals surface area contributed by atoms with Crippen molar-refractivity contribution in [1.82, 2.24) is 14.1 Å². The SMILES string of the molecule is CCn1cc(C(=O)O)c(=O)c2cc(F)c(-n3cccc3)nc21. The van der Waals surface area contributed by atoms with E-state index in [1.54, 1.807) is 31.5 Å². The molecule has 0 radical (unpaired) electrons. The smallest absolute Gasteiger partial charge is 0.341 e. The van der Waals surface area contributed by atoms with Gasteiger partial charge in [0.1, 0.15) is 11.2 Å². The van der Waals surface area contributed by atoms with Gasteiger partial charge in [-0.2, -0.15) is 0 Å². The molecule has 112 valence electrons. The molecule has 3 aromatic rings. The summed E-state index contributed by atoms with van der Waals surface area (Å²) < 4.78 is 17.3. The van der Waals surface area contributed by atoms with Crippen molar-refractivity contribution >= 4 is 17.0 Å². The van der Waals surface area contributed by atoms with Crippen LogP contribution < -0.4 is 5.43 Å². The maximum absolute atomic E-state index is 14.3. The maximum atomic E-state index is 14.3. The van der Waals surface area contributed by atoms with Gasteiger partial charge in [-0.05, 0) is 25.1 Å². The summed E-state index contributed by atoms with van der Waals surface area (Å²) in [4.78, 5) is 27.5. The third-order valence-corrected chi connectivity index (χ3v) is 3.40. The number of hydrogen-bond donors (Lipinski definition) is 1. The molecule has 3 rings (SSSR count). The molecule has 3 aromatic heterocycles. The van der Waals surface area contributed by atoms with Gasteiger partial charge in [-0.1, -0.05) is 0 Å². The molecule has 1 N–H and O–H groups in total. The lowest BCUT2D eigenvalue weighted by Crippen LogP contribution is -2.20. The van der Waals surface area contributed by atoms with Crippen LogP contribution in [0.25, 0.3) is 16.9 Å². The van der Waals surface area contributed by atoms with Crippen molar-refractivity contribution < 1.29 is 14.3 Å². The number of carboxylic acids is 1. The Balaban J connectivity index is 2.40. The van der Waals surface area contributed by atoms with E-state index in [0.717, 1.165) is 6.07 Å². The number of carboxylic acid groups (broad SMARTS) is 1. The van der Waals surface area contributed by atoms with Gasteiger partial charge in [0, 0.05) is 25.1 Å². The van der Waals surface area contributed by atoms with Crippen molar-refractivity contribution in [2.24, 2.45) is 0 Å². The van der Waals surface area contributed by atoms with E-state index in [2.05, 4.69) is 4.98 Å². The summed E-state index contributed by atoms with van der Waals surface area (Å²) in [5, 5.41) is 9.04. The van der Waals surface area contributed by atoms with Gasteiger partial charge in [0.05, 0.1) is 5.39 Å². The fraction of sp³-hybridized carbons (Fsp3) is 0.133. The molecule has 3 heterocycles. The van der Waals surface area contributed by atoms with Crippen LogP contribution in [0.15, 0.2) is 41.6 Å². The molecular weight excluding hydrogens is 289 g/mol. The first kappa shape index (κ1) is 14.0. The highest BCUT2D eigenvalue weighted by Crippen LogP contribution is 2.17. The van der Waals surface area contributed by atoms with Crippen LogP contribution in [0.3, 0.4) is 0 Å². The predicted octanol–water partition coefficient (Wildman–Crippen LogP) is 2.04. The van der Waals surface area contributed by atoms with Gasteiger partial charge < -0.3 is 14.2 Å². The predicted molar refractivity (Wildman–Crippen MR) is 77.9 cm³/mol. The van der Waals surface area contributed by atoms with Crippen molar-refractivity contribution in [1.29, 1.82) is 0 Å². The van der Waals surface area contributed by atoms with Gasteiger partial charge in [0.25, 0.3) is 0 Å². The van der Waals surface area contributed by atoms with Gasteiger partial charge in [-0.3, -0.25) is 4.79 Å². The maximum Gasteiger partial charge on any atom is 0.341 e. The normalized spacial score (nSPS) is 11.0. The van der Waals surface area contributed by atoms with Crippen LogP contribution in [-0.2, 0) is 6.54 Å². The number of nitrogens with zero attached hydrogens (tertiary/aromatic N) is 3. The zero-order chi connectivity index (χ0) is 15.9. The van der Waals surface area contributed by atoms with E-state index in [4.69, 9.17) is 5.11 Å². The lowest BCUT2D eigenvalue weighted by molar-refractivity contribution is 0.0695. The topological polar surface area (TPSA) is 77.1 Å². The molecule has 0 aliphatic carbocycles. The molecule has 0 aliphatic heterocycles. The number of halogens is 1. The third-order valence-electron chi connectivity index (χ3n) is 3.40. The number of aryl methyl sites for hydroxylation is 1. The fourth-order valence-corrected chi connectivity index (χ4v) is 2.33. The van der Waals surface area contributed by atoms with Crippen LogP contribution in [0.4, 0.5) is 4.39 Å². The lowest BCUT2D eigenvalue weighted by Gasteiger charge is -2.11. The summed E-state index contributed by atoms with van der Waals surface area (Å²) >= 11 is 0. The number of aromatic carboxylic acids is 1. The third kappa shape index (κ3) is 2.07. The minimum atomic E-state index is -1.34. The molecule has 0 unspecified atom stereocenters. The van der Waals surface area contributed by atoms with E-state index in [1.165, 1.54) is 15.3 Å². The minimum Gasteiger partial charge on any atom is -0.477 e. The quantitative estimate of drug-likeness (QED) is 0.803. The van der Waals surface area contributed by atoms with Gasteiger partial charge in [-0.15, -0.1) is 0 Å². The Morgan fingerprint density at radius 2 is 2.05 bits per heavy atom. The Morgan fingerprint density at radius 1 is 1.36 bits per heavy atom. The summed E-state index contributed by atoms with van der Waals surface area (Å²) in [5.74, 6) is -1.97. The summed E-state index contributed by atoms with van der Waals surface area (Å²) in [6.07, 6.45) is 4.51. The lowest BCUT2D eigenvalue weighted by atomic mass is 10.2. The van der Waals surface area contributed by atoms with Crippen molar-refractivity contribution in [3.8, 4) is 5.82 Å². The highest BCUT2D eigenvalue weighted by atomic mass is 19.1. The Kier molecular flexibility index (Phi) is 3.25. The second kappa shape index (κ2) is 5.10. The minimum absolute atomic E-state index is 0.0462. The molecule has 0 aliphatic rings. The summed E-state index contributed by atoms with van der Waals surface area (Å²) in [7, 11) is 0. The van der Waals surface area contributed by atoms with Crippen LogP contribution in [0.5, 0.6) is 0 Å². The fourth-order valence-electron chi connectivity index (χ4n) is 2.33. The second-order valence-electron chi connectivity index (χ2n) is 4.72. The van der Waals surface area contributed by atoms with E-state index < -0.39 is 22.8 Å². The number of pyridine rings is 2. The van der Waals surface area contributed by atoms with Crippen LogP contribution >= 0.6 is 0 Å². The molecule has 7 heteroatoms.